The largest absolute Gasteiger partial charge is 0.398 e. The van der Waals surface area contributed by atoms with E-state index in [-0.39, 0.29) is 12.1 Å². The van der Waals surface area contributed by atoms with Crippen molar-refractivity contribution in [2.45, 2.75) is 59.4 Å². The molecular formula is C20H31ClN8O. The van der Waals surface area contributed by atoms with Gasteiger partial charge >= 0.3 is 0 Å². The zero-order chi connectivity index (χ0) is 22.0. The van der Waals surface area contributed by atoms with Gasteiger partial charge in [0, 0.05) is 25.2 Å². The molecule has 0 saturated carbocycles. The number of hydrogen-bond acceptors (Lipinski definition) is 9. The average Bonchev–Trinajstić information content (AvgIpc) is 3.07. The summed E-state index contributed by atoms with van der Waals surface area (Å²) in [6.45, 7) is 11.0. The molecule has 9 nitrogen and oxygen atoms in total. The summed E-state index contributed by atoms with van der Waals surface area (Å²) in [6, 6.07) is 5.92. The summed E-state index contributed by atoms with van der Waals surface area (Å²) in [4.78, 5) is 9.40. The lowest BCUT2D eigenvalue weighted by molar-refractivity contribution is 0.208. The molecule has 1 unspecified atom stereocenters. The highest BCUT2D eigenvalue weighted by Crippen LogP contribution is 2.40. The summed E-state index contributed by atoms with van der Waals surface area (Å²) in [5, 5.41) is 20.8. The number of aliphatic hydroxyl groups excluding tert-OH is 1. The minimum atomic E-state index is -0.512. The Bertz CT molecular complexity index is 889. The van der Waals surface area contributed by atoms with E-state index in [2.05, 4.69) is 48.8 Å². The van der Waals surface area contributed by atoms with E-state index < -0.39 is 6.10 Å². The lowest BCUT2D eigenvalue weighted by atomic mass is 10.2. The van der Waals surface area contributed by atoms with Crippen LogP contribution in [0.15, 0.2) is 18.2 Å². The maximum atomic E-state index is 9.64. The van der Waals surface area contributed by atoms with Gasteiger partial charge in [-0.15, -0.1) is 5.53 Å². The molecule has 1 atom stereocenters. The van der Waals surface area contributed by atoms with Crippen molar-refractivity contribution >= 4 is 40.6 Å². The fourth-order valence-corrected chi connectivity index (χ4v) is 3.23. The van der Waals surface area contributed by atoms with Crippen LogP contribution in [-0.4, -0.2) is 39.8 Å². The number of anilines is 5. The predicted octanol–water partition coefficient (Wildman–Crippen LogP) is 2.98. The Hall–Kier alpha value is -2.49. The highest BCUT2D eigenvalue weighted by molar-refractivity contribution is 6.33. The molecule has 0 spiro atoms. The van der Waals surface area contributed by atoms with Crippen molar-refractivity contribution in [3.63, 3.8) is 0 Å². The Balaban J connectivity index is 1.98. The van der Waals surface area contributed by atoms with Gasteiger partial charge in [0.2, 0.25) is 5.95 Å². The van der Waals surface area contributed by atoms with Gasteiger partial charge in [-0.2, -0.15) is 9.97 Å². The molecule has 164 valence electrons. The Kier molecular flexibility index (Phi) is 6.74. The van der Waals surface area contributed by atoms with E-state index in [1.807, 2.05) is 22.2 Å². The van der Waals surface area contributed by atoms with Crippen molar-refractivity contribution < 1.29 is 5.11 Å². The molecule has 2 heterocycles. The number of rotatable bonds is 8. The number of hydrazine groups is 2. The molecule has 1 aliphatic heterocycles. The number of fused-ring (bicyclic) bond motifs is 1. The molecule has 0 radical (unpaired) electrons. The lowest BCUT2D eigenvalue weighted by Gasteiger charge is -2.27. The van der Waals surface area contributed by atoms with E-state index >= 15 is 0 Å². The van der Waals surface area contributed by atoms with Gasteiger partial charge in [-0.1, -0.05) is 17.7 Å². The summed E-state index contributed by atoms with van der Waals surface area (Å²) < 4.78 is 0. The minimum Gasteiger partial charge on any atom is -0.398 e. The predicted molar refractivity (Wildman–Crippen MR) is 124 cm³/mol. The van der Waals surface area contributed by atoms with Crippen LogP contribution >= 0.6 is 11.6 Å². The number of aromatic nitrogens is 2. The number of benzene rings is 1. The van der Waals surface area contributed by atoms with Gasteiger partial charge < -0.3 is 21.5 Å². The monoisotopic (exact) mass is 434 g/mol. The first-order valence-corrected chi connectivity index (χ1v) is 10.5. The van der Waals surface area contributed by atoms with E-state index in [1.165, 1.54) is 0 Å². The third-order valence-corrected chi connectivity index (χ3v) is 5.00. The number of hydrogen-bond donors (Lipinski definition) is 5. The second-order valence-electron chi connectivity index (χ2n) is 8.03. The maximum absolute atomic E-state index is 9.64. The second kappa shape index (κ2) is 9.11. The molecule has 0 fully saturated rings. The van der Waals surface area contributed by atoms with Crippen LogP contribution in [0.5, 0.6) is 0 Å². The molecule has 0 saturated heterocycles. The molecule has 3 rings (SSSR count). The van der Waals surface area contributed by atoms with Gasteiger partial charge in [0.15, 0.2) is 11.6 Å². The van der Waals surface area contributed by atoms with Crippen molar-refractivity contribution in [1.29, 1.82) is 0 Å². The van der Waals surface area contributed by atoms with Crippen LogP contribution in [0.4, 0.5) is 29.0 Å². The summed E-state index contributed by atoms with van der Waals surface area (Å²) in [5.41, 5.74) is 11.8. The highest BCUT2D eigenvalue weighted by Gasteiger charge is 2.34. The van der Waals surface area contributed by atoms with Crippen LogP contribution in [0.3, 0.4) is 0 Å². The molecule has 2 aromatic rings. The van der Waals surface area contributed by atoms with Crippen LogP contribution in [0.25, 0.3) is 0 Å². The molecule has 30 heavy (non-hydrogen) atoms. The highest BCUT2D eigenvalue weighted by atomic mass is 35.5. The summed E-state index contributed by atoms with van der Waals surface area (Å²) in [6.07, 6.45) is -0.512. The van der Waals surface area contributed by atoms with E-state index in [0.717, 1.165) is 17.1 Å². The summed E-state index contributed by atoms with van der Waals surface area (Å²) >= 11 is 6.04. The Morgan fingerprint density at radius 1 is 1.10 bits per heavy atom. The third kappa shape index (κ3) is 4.80. The average molecular weight is 435 g/mol. The minimum absolute atomic E-state index is 0.177. The fourth-order valence-electron chi connectivity index (χ4n) is 3.11. The van der Waals surface area contributed by atoms with Gasteiger partial charge in [0.25, 0.3) is 0 Å². The van der Waals surface area contributed by atoms with Crippen LogP contribution in [-0.2, 0) is 6.54 Å². The summed E-state index contributed by atoms with van der Waals surface area (Å²) in [7, 11) is 0. The Morgan fingerprint density at radius 2 is 1.80 bits per heavy atom. The van der Waals surface area contributed by atoms with Crippen LogP contribution in [0, 0.1) is 0 Å². The molecule has 0 aliphatic carbocycles. The Labute approximate surface area is 182 Å². The topological polar surface area (TPSA) is 115 Å². The molecule has 1 aliphatic rings. The van der Waals surface area contributed by atoms with Gasteiger partial charge in [0.1, 0.15) is 5.69 Å². The first-order chi connectivity index (χ1) is 14.2. The van der Waals surface area contributed by atoms with E-state index in [0.29, 0.717) is 35.6 Å². The number of aliphatic hydroxyl groups is 1. The van der Waals surface area contributed by atoms with Crippen molar-refractivity contribution in [2.24, 2.45) is 0 Å². The molecule has 1 aromatic heterocycles. The molecule has 0 bridgehead atoms. The Morgan fingerprint density at radius 3 is 2.40 bits per heavy atom. The molecule has 6 N–H and O–H groups in total. The van der Waals surface area contributed by atoms with Crippen molar-refractivity contribution in [1.82, 2.24) is 15.5 Å². The zero-order valence-electron chi connectivity index (χ0n) is 18.1. The molecule has 1 aromatic carbocycles. The number of nitrogens with one attached hydrogen (secondary N) is 3. The first-order valence-electron chi connectivity index (χ1n) is 10.1. The maximum Gasteiger partial charge on any atom is 0.226 e. The van der Waals surface area contributed by atoms with E-state index in [1.54, 1.807) is 13.0 Å². The van der Waals surface area contributed by atoms with Crippen LogP contribution in [0.2, 0.25) is 5.02 Å². The van der Waals surface area contributed by atoms with Crippen molar-refractivity contribution in [3.05, 3.63) is 28.8 Å². The SMILES string of the molecule is CC(O)CNc1nc(NCc2ccc(Cl)c(N)c2)c2c(n1)N(C(C)C)NN2C(C)C. The number of halogens is 1. The van der Waals surface area contributed by atoms with E-state index in [4.69, 9.17) is 22.3 Å². The summed E-state index contributed by atoms with van der Waals surface area (Å²) in [5.74, 6) is 1.91. The number of nitrogen functional groups attached to an aromatic ring is 1. The third-order valence-electron chi connectivity index (χ3n) is 4.66. The van der Waals surface area contributed by atoms with Crippen molar-refractivity contribution in [2.75, 3.05) is 32.9 Å². The lowest BCUT2D eigenvalue weighted by Crippen LogP contribution is -2.50. The van der Waals surface area contributed by atoms with E-state index in [9.17, 15) is 5.11 Å². The van der Waals surface area contributed by atoms with Crippen LogP contribution in [0.1, 0.15) is 40.2 Å². The quantitative estimate of drug-likeness (QED) is 0.400. The number of nitrogens with two attached hydrogens (primary N) is 1. The molecular weight excluding hydrogens is 404 g/mol. The first kappa shape index (κ1) is 22.2. The molecule has 0 amide bonds. The number of nitrogens with zero attached hydrogens (tertiary/aromatic N) is 4. The normalized spacial score (nSPS) is 14.4. The molecule has 10 heteroatoms. The van der Waals surface area contributed by atoms with Gasteiger partial charge in [-0.3, -0.25) is 10.0 Å². The van der Waals surface area contributed by atoms with Crippen LogP contribution < -0.4 is 31.9 Å². The van der Waals surface area contributed by atoms with Gasteiger partial charge in [-0.05, 0) is 52.3 Å². The fraction of sp³-hybridized carbons (Fsp3) is 0.500. The van der Waals surface area contributed by atoms with Crippen molar-refractivity contribution in [3.8, 4) is 0 Å². The smallest absolute Gasteiger partial charge is 0.226 e. The van der Waals surface area contributed by atoms with Gasteiger partial charge in [0.05, 0.1) is 16.8 Å². The standard InChI is InChI=1S/C20H31ClN8O/c1-11(2)28-17-18(23-10-14-6-7-15(21)16(22)8-14)25-20(24-9-13(5)30)26-19(17)29(27-28)12(3)4/h6-8,11-13,27,30H,9-10,22H2,1-5H3,(H2,23,24,25,26). The van der Waals surface area contributed by atoms with Gasteiger partial charge in [-0.25, -0.2) is 0 Å². The second-order valence-corrected chi connectivity index (χ2v) is 8.44. The zero-order valence-corrected chi connectivity index (χ0v) is 18.8.